The molecule has 0 aliphatic rings. The minimum absolute atomic E-state index is 0.0964. The molecule has 21 heavy (non-hydrogen) atoms. The van der Waals surface area contributed by atoms with Crippen molar-refractivity contribution in [3.05, 3.63) is 42.1 Å². The molecule has 3 heteroatoms. The third-order valence-electron chi connectivity index (χ3n) is 4.85. The summed E-state index contributed by atoms with van der Waals surface area (Å²) in [6.07, 6.45) is 4.07. The van der Waals surface area contributed by atoms with E-state index in [-0.39, 0.29) is 5.54 Å². The Bertz CT molecular complexity index is 562. The van der Waals surface area contributed by atoms with Crippen LogP contribution in [0.1, 0.15) is 39.2 Å². The minimum Gasteiger partial charge on any atom is -0.329 e. The third-order valence-corrected chi connectivity index (χ3v) is 4.85. The zero-order chi connectivity index (χ0) is 15.3. The Morgan fingerprint density at radius 3 is 2.43 bits per heavy atom. The van der Waals surface area contributed by atoms with Gasteiger partial charge in [-0.1, -0.05) is 39.0 Å². The number of rotatable bonds is 7. The van der Waals surface area contributed by atoms with E-state index < -0.39 is 0 Å². The smallest absolute Gasteiger partial charge is 0.0705 e. The van der Waals surface area contributed by atoms with Gasteiger partial charge in [-0.15, -0.1) is 0 Å². The van der Waals surface area contributed by atoms with Gasteiger partial charge >= 0.3 is 0 Å². The number of likely N-dealkylation sites (N-methyl/N-ethyl adjacent to an activating group) is 1. The van der Waals surface area contributed by atoms with Crippen molar-refractivity contribution < 1.29 is 0 Å². The Balaban J connectivity index is 2.37. The topological polar surface area (TPSA) is 42.2 Å². The van der Waals surface area contributed by atoms with Crippen molar-refractivity contribution in [3.8, 4) is 0 Å². The van der Waals surface area contributed by atoms with Crippen LogP contribution in [0.3, 0.4) is 0 Å². The van der Waals surface area contributed by atoms with Crippen LogP contribution in [0.5, 0.6) is 0 Å². The summed E-state index contributed by atoms with van der Waals surface area (Å²) in [5.74, 6) is 0. The number of nitrogens with two attached hydrogens (primary N) is 1. The van der Waals surface area contributed by atoms with Crippen LogP contribution in [0.15, 0.2) is 36.5 Å². The number of fused-ring (bicyclic) bond motifs is 1. The van der Waals surface area contributed by atoms with Crippen LogP contribution in [0, 0.1) is 0 Å². The van der Waals surface area contributed by atoms with Gasteiger partial charge in [-0.3, -0.25) is 9.88 Å². The molecule has 0 saturated carbocycles. The molecule has 0 amide bonds. The lowest BCUT2D eigenvalue weighted by molar-refractivity contribution is 0.0832. The quantitative estimate of drug-likeness (QED) is 0.845. The van der Waals surface area contributed by atoms with Crippen molar-refractivity contribution in [2.45, 2.75) is 45.7 Å². The van der Waals surface area contributed by atoms with Crippen molar-refractivity contribution in [2.75, 3.05) is 13.1 Å². The second-order valence-corrected chi connectivity index (χ2v) is 5.64. The van der Waals surface area contributed by atoms with Crippen LogP contribution in [-0.4, -0.2) is 28.5 Å². The van der Waals surface area contributed by atoms with Gasteiger partial charge in [-0.25, -0.2) is 0 Å². The fourth-order valence-electron chi connectivity index (χ4n) is 3.23. The highest BCUT2D eigenvalue weighted by Gasteiger charge is 2.31. The van der Waals surface area contributed by atoms with E-state index >= 15 is 0 Å². The van der Waals surface area contributed by atoms with Crippen molar-refractivity contribution in [1.82, 2.24) is 9.88 Å². The summed E-state index contributed by atoms with van der Waals surface area (Å²) in [6, 6.07) is 10.5. The number of hydrogen-bond donors (Lipinski definition) is 1. The maximum absolute atomic E-state index is 6.12. The molecule has 1 aromatic heterocycles. The predicted octanol–water partition coefficient (Wildman–Crippen LogP) is 3.57. The Kier molecular flexibility index (Phi) is 5.32. The first-order valence-electron chi connectivity index (χ1n) is 7.98. The van der Waals surface area contributed by atoms with E-state index in [1.807, 2.05) is 12.3 Å². The summed E-state index contributed by atoms with van der Waals surface area (Å²) < 4.78 is 0. The zero-order valence-electron chi connectivity index (χ0n) is 13.5. The van der Waals surface area contributed by atoms with Gasteiger partial charge in [0.05, 0.1) is 5.52 Å². The predicted molar refractivity (Wildman–Crippen MR) is 90.2 cm³/mol. The van der Waals surface area contributed by atoms with Crippen molar-refractivity contribution in [3.63, 3.8) is 0 Å². The van der Waals surface area contributed by atoms with Gasteiger partial charge in [0.15, 0.2) is 0 Å². The highest BCUT2D eigenvalue weighted by atomic mass is 15.2. The number of benzene rings is 1. The minimum atomic E-state index is 0.0964. The van der Waals surface area contributed by atoms with Crippen LogP contribution in [0.4, 0.5) is 0 Å². The standard InChI is InChI=1S/C18H27N3/c1-4-18(5-2,14-19)21(6-3)13-15-11-12-20-17-10-8-7-9-16(15)17/h7-12H,4-6,13-14,19H2,1-3H3. The summed E-state index contributed by atoms with van der Waals surface area (Å²) >= 11 is 0. The van der Waals surface area contributed by atoms with Crippen LogP contribution in [-0.2, 0) is 6.54 Å². The molecule has 1 heterocycles. The molecule has 0 atom stereocenters. The molecule has 0 unspecified atom stereocenters. The highest BCUT2D eigenvalue weighted by molar-refractivity contribution is 5.81. The van der Waals surface area contributed by atoms with E-state index in [1.165, 1.54) is 10.9 Å². The average Bonchev–Trinajstić information content (AvgIpc) is 2.56. The van der Waals surface area contributed by atoms with Gasteiger partial charge < -0.3 is 5.73 Å². The van der Waals surface area contributed by atoms with E-state index in [0.29, 0.717) is 6.54 Å². The first kappa shape index (κ1) is 15.9. The highest BCUT2D eigenvalue weighted by Crippen LogP contribution is 2.27. The number of nitrogens with zero attached hydrogens (tertiary/aromatic N) is 2. The number of aromatic nitrogens is 1. The van der Waals surface area contributed by atoms with Crippen LogP contribution in [0.25, 0.3) is 10.9 Å². The summed E-state index contributed by atoms with van der Waals surface area (Å²) in [5.41, 5.74) is 8.62. The fourth-order valence-corrected chi connectivity index (χ4v) is 3.23. The molecular weight excluding hydrogens is 258 g/mol. The van der Waals surface area contributed by atoms with Crippen molar-refractivity contribution in [1.29, 1.82) is 0 Å². The third kappa shape index (κ3) is 3.09. The SMILES string of the molecule is CCN(Cc1ccnc2ccccc12)C(CC)(CC)CN. The molecule has 2 aromatic rings. The molecule has 0 spiro atoms. The molecule has 1 aromatic carbocycles. The molecule has 0 saturated heterocycles. The van der Waals surface area contributed by atoms with Crippen molar-refractivity contribution in [2.24, 2.45) is 5.73 Å². The summed E-state index contributed by atoms with van der Waals surface area (Å²) in [4.78, 5) is 6.98. The van der Waals surface area contributed by atoms with Gasteiger partial charge in [0.25, 0.3) is 0 Å². The molecule has 114 valence electrons. The first-order chi connectivity index (χ1) is 10.2. The van der Waals surface area contributed by atoms with Gasteiger partial charge in [0.2, 0.25) is 0 Å². The number of pyridine rings is 1. The summed E-state index contributed by atoms with van der Waals surface area (Å²) in [7, 11) is 0. The second-order valence-electron chi connectivity index (χ2n) is 5.64. The normalized spacial score (nSPS) is 12.2. The van der Waals surface area contributed by atoms with Crippen LogP contribution < -0.4 is 5.73 Å². The molecule has 0 aliphatic heterocycles. The fraction of sp³-hybridized carbons (Fsp3) is 0.500. The molecule has 0 fully saturated rings. The Labute approximate surface area is 128 Å². The Morgan fingerprint density at radius 2 is 1.81 bits per heavy atom. The van der Waals surface area contributed by atoms with Gasteiger partial charge in [-0.05, 0) is 37.1 Å². The molecule has 0 aliphatic carbocycles. The second kappa shape index (κ2) is 7.01. The lowest BCUT2D eigenvalue weighted by Gasteiger charge is -2.42. The van der Waals surface area contributed by atoms with Crippen molar-refractivity contribution >= 4 is 10.9 Å². The summed E-state index contributed by atoms with van der Waals surface area (Å²) in [5, 5.41) is 1.25. The molecule has 0 bridgehead atoms. The lowest BCUT2D eigenvalue weighted by Crippen LogP contribution is -2.52. The van der Waals surface area contributed by atoms with Gasteiger partial charge in [-0.2, -0.15) is 0 Å². The monoisotopic (exact) mass is 285 g/mol. The summed E-state index contributed by atoms with van der Waals surface area (Å²) in [6.45, 7) is 9.34. The van der Waals surface area contributed by atoms with E-state index in [0.717, 1.165) is 31.4 Å². The van der Waals surface area contributed by atoms with Gasteiger partial charge in [0, 0.05) is 30.2 Å². The van der Waals surface area contributed by atoms with E-state index in [9.17, 15) is 0 Å². The largest absolute Gasteiger partial charge is 0.329 e. The Morgan fingerprint density at radius 1 is 1.10 bits per heavy atom. The Hall–Kier alpha value is -1.45. The molecule has 3 nitrogen and oxygen atoms in total. The number of para-hydroxylation sites is 1. The first-order valence-corrected chi connectivity index (χ1v) is 7.98. The van der Waals surface area contributed by atoms with E-state index in [4.69, 9.17) is 5.73 Å². The van der Waals surface area contributed by atoms with Gasteiger partial charge in [0.1, 0.15) is 0 Å². The number of hydrogen-bond acceptors (Lipinski definition) is 3. The molecular formula is C18H27N3. The molecule has 2 rings (SSSR count). The molecule has 2 N–H and O–H groups in total. The van der Waals surface area contributed by atoms with E-state index in [1.54, 1.807) is 0 Å². The van der Waals surface area contributed by atoms with E-state index in [2.05, 4.69) is 54.9 Å². The van der Waals surface area contributed by atoms with Crippen LogP contribution >= 0.6 is 0 Å². The molecule has 0 radical (unpaired) electrons. The average molecular weight is 285 g/mol. The van der Waals surface area contributed by atoms with Crippen LogP contribution in [0.2, 0.25) is 0 Å². The maximum atomic E-state index is 6.12. The lowest BCUT2D eigenvalue weighted by atomic mass is 9.90. The zero-order valence-corrected chi connectivity index (χ0v) is 13.5. The maximum Gasteiger partial charge on any atom is 0.0705 e.